The Labute approximate surface area is 168 Å². The van der Waals surface area contributed by atoms with Crippen molar-refractivity contribution in [3.63, 3.8) is 0 Å². The van der Waals surface area contributed by atoms with Gasteiger partial charge in [0.25, 0.3) is 0 Å². The number of anilines is 2. The zero-order chi connectivity index (χ0) is 18.9. The van der Waals surface area contributed by atoms with Crippen LogP contribution < -0.4 is 9.80 Å². The molecule has 4 nitrogen and oxygen atoms in total. The molecule has 2 aliphatic rings. The highest BCUT2D eigenvalue weighted by molar-refractivity contribution is 9.10. The van der Waals surface area contributed by atoms with Crippen LogP contribution in [0.3, 0.4) is 0 Å². The van der Waals surface area contributed by atoms with Crippen LogP contribution in [0.5, 0.6) is 0 Å². The van der Waals surface area contributed by atoms with E-state index in [-0.39, 0.29) is 11.7 Å². The fourth-order valence-electron chi connectivity index (χ4n) is 4.23. The first-order chi connectivity index (χ1) is 12.9. The van der Waals surface area contributed by atoms with Gasteiger partial charge in [-0.15, -0.1) is 0 Å². The monoisotopic (exact) mass is 445 g/mol. The SMILES string of the molecule is CN1C(=O)C2(CN(c3cccc(Cl)c3)C2)c2c1cnc1cc(F)c(Br)cc21. The molecule has 0 unspecified atom stereocenters. The minimum Gasteiger partial charge on any atom is -0.368 e. The maximum atomic E-state index is 14.0. The summed E-state index contributed by atoms with van der Waals surface area (Å²) in [6, 6.07) is 10.7. The average molecular weight is 447 g/mol. The van der Waals surface area contributed by atoms with Crippen LogP contribution in [0.4, 0.5) is 15.8 Å². The third-order valence-corrected chi connectivity index (χ3v) is 6.38. The first-order valence-corrected chi connectivity index (χ1v) is 9.65. The van der Waals surface area contributed by atoms with E-state index in [9.17, 15) is 9.18 Å². The maximum absolute atomic E-state index is 14.0. The summed E-state index contributed by atoms with van der Waals surface area (Å²) in [5, 5.41) is 1.47. The van der Waals surface area contributed by atoms with Gasteiger partial charge in [-0.1, -0.05) is 17.7 Å². The first kappa shape index (κ1) is 17.0. The second-order valence-corrected chi connectivity index (χ2v) is 8.37. The summed E-state index contributed by atoms with van der Waals surface area (Å²) in [4.78, 5) is 21.3. The number of fused-ring (bicyclic) bond motifs is 4. The molecule has 3 heterocycles. The van der Waals surface area contributed by atoms with E-state index in [1.165, 1.54) is 6.07 Å². The molecular weight excluding hydrogens is 433 g/mol. The summed E-state index contributed by atoms with van der Waals surface area (Å²) in [6.07, 6.45) is 1.67. The van der Waals surface area contributed by atoms with Crippen LogP contribution in [0, 0.1) is 5.82 Å². The molecule has 0 atom stereocenters. The van der Waals surface area contributed by atoms with Crippen LogP contribution in [-0.4, -0.2) is 31.0 Å². The Morgan fingerprint density at radius 3 is 2.78 bits per heavy atom. The lowest BCUT2D eigenvalue weighted by Crippen LogP contribution is -2.64. The van der Waals surface area contributed by atoms with E-state index in [0.29, 0.717) is 28.1 Å². The van der Waals surface area contributed by atoms with Crippen molar-refractivity contribution in [1.82, 2.24) is 4.98 Å². The molecule has 0 saturated carbocycles. The lowest BCUT2D eigenvalue weighted by molar-refractivity contribution is -0.123. The van der Waals surface area contributed by atoms with Crippen LogP contribution in [-0.2, 0) is 10.2 Å². The Morgan fingerprint density at radius 2 is 2.04 bits per heavy atom. The minimum atomic E-state index is -0.648. The van der Waals surface area contributed by atoms with E-state index in [1.807, 2.05) is 24.3 Å². The van der Waals surface area contributed by atoms with Crippen LogP contribution in [0.15, 0.2) is 47.1 Å². The number of benzene rings is 2. The zero-order valence-corrected chi connectivity index (χ0v) is 16.7. The highest BCUT2D eigenvalue weighted by Gasteiger charge is 2.58. The van der Waals surface area contributed by atoms with Gasteiger partial charge in [-0.05, 0) is 40.2 Å². The molecule has 27 heavy (non-hydrogen) atoms. The van der Waals surface area contributed by atoms with E-state index in [1.54, 1.807) is 24.2 Å². The highest BCUT2D eigenvalue weighted by Crippen LogP contribution is 2.50. The van der Waals surface area contributed by atoms with Crippen molar-refractivity contribution in [3.8, 4) is 0 Å². The number of pyridine rings is 1. The Morgan fingerprint density at radius 1 is 1.26 bits per heavy atom. The number of hydrogen-bond acceptors (Lipinski definition) is 3. The van der Waals surface area contributed by atoms with Gasteiger partial charge in [0, 0.05) is 47.9 Å². The minimum absolute atomic E-state index is 0.0468. The molecule has 0 aliphatic carbocycles. The van der Waals surface area contributed by atoms with E-state index in [0.717, 1.165) is 22.3 Å². The smallest absolute Gasteiger partial charge is 0.241 e. The van der Waals surface area contributed by atoms with Crippen molar-refractivity contribution in [3.05, 3.63) is 63.5 Å². The fraction of sp³-hybridized carbons (Fsp3) is 0.200. The molecular formula is C20H14BrClFN3O. The van der Waals surface area contributed by atoms with E-state index < -0.39 is 5.41 Å². The molecule has 3 aromatic rings. The Hall–Kier alpha value is -2.18. The van der Waals surface area contributed by atoms with Crippen molar-refractivity contribution in [2.24, 2.45) is 0 Å². The number of carbonyl (C=O) groups is 1. The molecule has 1 saturated heterocycles. The van der Waals surface area contributed by atoms with Gasteiger partial charge in [-0.25, -0.2) is 4.39 Å². The van der Waals surface area contributed by atoms with Crippen LogP contribution in [0.25, 0.3) is 10.9 Å². The molecule has 5 rings (SSSR count). The van der Waals surface area contributed by atoms with Crippen LogP contribution >= 0.6 is 27.5 Å². The average Bonchev–Trinajstić information content (AvgIpc) is 2.83. The zero-order valence-electron chi connectivity index (χ0n) is 14.3. The second kappa shape index (κ2) is 5.66. The summed E-state index contributed by atoms with van der Waals surface area (Å²) in [6.45, 7) is 1.11. The number of carbonyl (C=O) groups excluding carboxylic acids is 1. The maximum Gasteiger partial charge on any atom is 0.241 e. The van der Waals surface area contributed by atoms with Gasteiger partial charge in [-0.2, -0.15) is 0 Å². The Balaban J connectivity index is 1.65. The summed E-state index contributed by atoms with van der Waals surface area (Å²) < 4.78 is 14.3. The molecule has 1 amide bonds. The molecule has 2 aliphatic heterocycles. The van der Waals surface area contributed by atoms with Gasteiger partial charge >= 0.3 is 0 Å². The second-order valence-electron chi connectivity index (χ2n) is 7.08. The van der Waals surface area contributed by atoms with E-state index in [2.05, 4.69) is 25.8 Å². The number of nitrogens with zero attached hydrogens (tertiary/aromatic N) is 3. The topological polar surface area (TPSA) is 36.4 Å². The fourth-order valence-corrected chi connectivity index (χ4v) is 4.75. The van der Waals surface area contributed by atoms with Gasteiger partial charge in [0.2, 0.25) is 5.91 Å². The van der Waals surface area contributed by atoms with E-state index >= 15 is 0 Å². The molecule has 0 radical (unpaired) electrons. The van der Waals surface area contributed by atoms with Crippen LogP contribution in [0.1, 0.15) is 5.56 Å². The van der Waals surface area contributed by atoms with Crippen molar-refractivity contribution in [1.29, 1.82) is 0 Å². The number of hydrogen-bond donors (Lipinski definition) is 0. The van der Waals surface area contributed by atoms with Gasteiger partial charge in [0.05, 0.1) is 21.9 Å². The quantitative estimate of drug-likeness (QED) is 0.551. The number of likely N-dealkylation sites (N-methyl/N-ethyl adjacent to an activating group) is 1. The van der Waals surface area contributed by atoms with Crippen molar-refractivity contribution >= 4 is 55.7 Å². The number of halogens is 3. The lowest BCUT2D eigenvalue weighted by atomic mass is 9.73. The third-order valence-electron chi connectivity index (χ3n) is 5.54. The van der Waals surface area contributed by atoms with Crippen molar-refractivity contribution in [2.45, 2.75) is 5.41 Å². The summed E-state index contributed by atoms with van der Waals surface area (Å²) in [5.74, 6) is -0.318. The summed E-state index contributed by atoms with van der Waals surface area (Å²) >= 11 is 9.38. The summed E-state index contributed by atoms with van der Waals surface area (Å²) in [5.41, 5.74) is 2.61. The highest BCUT2D eigenvalue weighted by atomic mass is 79.9. The van der Waals surface area contributed by atoms with E-state index in [4.69, 9.17) is 11.6 Å². The number of rotatable bonds is 1. The lowest BCUT2D eigenvalue weighted by Gasteiger charge is -2.48. The molecule has 0 bridgehead atoms. The summed E-state index contributed by atoms with van der Waals surface area (Å²) in [7, 11) is 1.77. The van der Waals surface area contributed by atoms with Gasteiger partial charge in [0.1, 0.15) is 11.2 Å². The van der Waals surface area contributed by atoms with Crippen molar-refractivity contribution < 1.29 is 9.18 Å². The number of amides is 1. The Kier molecular flexibility index (Phi) is 3.55. The molecule has 7 heteroatoms. The molecule has 1 fully saturated rings. The standard InChI is InChI=1S/C20H14BrClFN3O/c1-25-17-8-24-16-7-15(23)14(21)6-13(16)18(17)20(19(25)27)9-26(10-20)12-4-2-3-11(22)5-12/h2-8H,9-10H2,1H3. The van der Waals surface area contributed by atoms with Gasteiger partial charge < -0.3 is 9.80 Å². The third kappa shape index (κ3) is 2.26. The largest absolute Gasteiger partial charge is 0.368 e. The van der Waals surface area contributed by atoms with Gasteiger partial charge in [0.15, 0.2) is 0 Å². The predicted molar refractivity (Wildman–Crippen MR) is 108 cm³/mol. The molecule has 0 N–H and O–H groups in total. The van der Waals surface area contributed by atoms with Crippen molar-refractivity contribution in [2.75, 3.05) is 29.9 Å². The van der Waals surface area contributed by atoms with Crippen LogP contribution in [0.2, 0.25) is 5.02 Å². The predicted octanol–water partition coefficient (Wildman–Crippen LogP) is 4.52. The number of aromatic nitrogens is 1. The molecule has 1 spiro atoms. The molecule has 2 aromatic carbocycles. The molecule has 136 valence electrons. The Bertz CT molecular complexity index is 1130. The molecule has 1 aromatic heterocycles. The normalized spacial score (nSPS) is 17.6. The van der Waals surface area contributed by atoms with Gasteiger partial charge in [-0.3, -0.25) is 9.78 Å². The first-order valence-electron chi connectivity index (χ1n) is 8.48.